The second kappa shape index (κ2) is 11.0. The SMILES string of the molecule is CCCCCCCC(=O)OCC(C)S(=O)(=O)O.[Mg]. The number of rotatable bonds is 9. The van der Waals surface area contributed by atoms with E-state index in [-0.39, 0.29) is 29.7 Å². The molecule has 0 aromatic heterocycles. The second-order valence-electron chi connectivity index (χ2n) is 4.17. The molecule has 5 nitrogen and oxygen atoms in total. The summed E-state index contributed by atoms with van der Waals surface area (Å²) >= 11 is 0. The smallest absolute Gasteiger partial charge is 0.305 e. The molecule has 0 fully saturated rings. The lowest BCUT2D eigenvalue weighted by Gasteiger charge is -2.09. The van der Waals surface area contributed by atoms with Crippen LogP contribution >= 0.6 is 0 Å². The van der Waals surface area contributed by atoms with E-state index < -0.39 is 21.3 Å². The quantitative estimate of drug-likeness (QED) is 0.303. The molecule has 0 heterocycles. The average molecular weight is 291 g/mol. The fourth-order valence-electron chi connectivity index (χ4n) is 1.24. The Morgan fingerprint density at radius 1 is 1.22 bits per heavy atom. The lowest BCUT2D eigenvalue weighted by atomic mass is 10.1. The number of esters is 1. The van der Waals surface area contributed by atoms with Crippen LogP contribution in [0.2, 0.25) is 0 Å². The van der Waals surface area contributed by atoms with Gasteiger partial charge in [0.1, 0.15) is 11.9 Å². The minimum Gasteiger partial charge on any atom is -0.464 e. The molecule has 0 rings (SSSR count). The van der Waals surface area contributed by atoms with Gasteiger partial charge in [-0.05, 0) is 13.3 Å². The lowest BCUT2D eigenvalue weighted by Crippen LogP contribution is -2.24. The minimum atomic E-state index is -4.11. The van der Waals surface area contributed by atoms with Crippen LogP contribution in [-0.4, -0.2) is 53.8 Å². The first-order valence-electron chi connectivity index (χ1n) is 5.99. The molecule has 0 aliphatic carbocycles. The monoisotopic (exact) mass is 290 g/mol. The van der Waals surface area contributed by atoms with Crippen LogP contribution in [0.3, 0.4) is 0 Å². The Labute approximate surface area is 126 Å². The molecule has 2 radical (unpaired) electrons. The van der Waals surface area contributed by atoms with Crippen molar-refractivity contribution < 1.29 is 22.5 Å². The van der Waals surface area contributed by atoms with Gasteiger partial charge in [-0.25, -0.2) is 0 Å². The van der Waals surface area contributed by atoms with E-state index in [0.717, 1.165) is 32.1 Å². The van der Waals surface area contributed by atoms with Crippen LogP contribution in [0.5, 0.6) is 0 Å². The zero-order chi connectivity index (χ0) is 13.3. The fourth-order valence-corrected chi connectivity index (χ4v) is 1.48. The van der Waals surface area contributed by atoms with Crippen LogP contribution in [0, 0.1) is 0 Å². The highest BCUT2D eigenvalue weighted by Crippen LogP contribution is 2.06. The maximum absolute atomic E-state index is 11.2. The van der Waals surface area contributed by atoms with Crippen molar-refractivity contribution in [2.24, 2.45) is 0 Å². The van der Waals surface area contributed by atoms with Gasteiger partial charge in [-0.3, -0.25) is 9.35 Å². The van der Waals surface area contributed by atoms with Gasteiger partial charge in [0.2, 0.25) is 0 Å². The van der Waals surface area contributed by atoms with E-state index in [1.807, 2.05) is 0 Å². The summed E-state index contributed by atoms with van der Waals surface area (Å²) in [4.78, 5) is 11.2. The molecular weight excluding hydrogens is 268 g/mol. The summed E-state index contributed by atoms with van der Waals surface area (Å²) in [6.45, 7) is 3.13. The number of carbonyl (C=O) groups is 1. The van der Waals surface area contributed by atoms with Gasteiger partial charge in [0, 0.05) is 29.5 Å². The number of unbranched alkanes of at least 4 members (excludes halogenated alkanes) is 4. The summed E-state index contributed by atoms with van der Waals surface area (Å²) < 4.78 is 34.7. The standard InChI is InChI=1S/C11H22O5S.Mg/c1-3-4-5-6-7-8-11(12)16-9-10(2)17(13,14)15;/h10H,3-9H2,1-2H3,(H,13,14,15);. The highest BCUT2D eigenvalue weighted by atomic mass is 32.2. The van der Waals surface area contributed by atoms with Crippen molar-refractivity contribution in [3.05, 3.63) is 0 Å². The molecule has 1 unspecified atom stereocenters. The van der Waals surface area contributed by atoms with Crippen molar-refractivity contribution in [1.29, 1.82) is 0 Å². The summed E-state index contributed by atoms with van der Waals surface area (Å²) in [5, 5.41) is -1.06. The minimum absolute atomic E-state index is 0. The van der Waals surface area contributed by atoms with Gasteiger partial charge in [0.25, 0.3) is 10.1 Å². The lowest BCUT2D eigenvalue weighted by molar-refractivity contribution is -0.143. The maximum atomic E-state index is 11.2. The molecule has 1 atom stereocenters. The van der Waals surface area contributed by atoms with E-state index in [4.69, 9.17) is 9.29 Å². The van der Waals surface area contributed by atoms with Gasteiger partial charge in [-0.1, -0.05) is 32.6 Å². The average Bonchev–Trinajstić information content (AvgIpc) is 2.24. The third kappa shape index (κ3) is 11.2. The van der Waals surface area contributed by atoms with Crippen LogP contribution < -0.4 is 0 Å². The zero-order valence-electron chi connectivity index (χ0n) is 11.2. The second-order valence-corrected chi connectivity index (χ2v) is 6.01. The molecule has 18 heavy (non-hydrogen) atoms. The molecule has 104 valence electrons. The maximum Gasteiger partial charge on any atom is 0.305 e. The molecule has 0 saturated carbocycles. The topological polar surface area (TPSA) is 80.7 Å². The van der Waals surface area contributed by atoms with Gasteiger partial charge in [0.15, 0.2) is 0 Å². The van der Waals surface area contributed by atoms with Crippen LogP contribution in [0.1, 0.15) is 52.4 Å². The normalized spacial score (nSPS) is 12.6. The molecule has 0 aliphatic heterocycles. The Morgan fingerprint density at radius 2 is 1.78 bits per heavy atom. The fraction of sp³-hybridized carbons (Fsp3) is 0.909. The summed E-state index contributed by atoms with van der Waals surface area (Å²) in [7, 11) is -4.11. The number of carbonyl (C=O) groups excluding carboxylic acids is 1. The van der Waals surface area contributed by atoms with Gasteiger partial charge < -0.3 is 4.74 Å². The highest BCUT2D eigenvalue weighted by molar-refractivity contribution is 7.86. The Morgan fingerprint density at radius 3 is 2.28 bits per heavy atom. The molecule has 0 spiro atoms. The van der Waals surface area contributed by atoms with E-state index in [2.05, 4.69) is 6.92 Å². The Kier molecular flexibility index (Phi) is 12.5. The van der Waals surface area contributed by atoms with Crippen molar-refractivity contribution in [1.82, 2.24) is 0 Å². The van der Waals surface area contributed by atoms with Crippen molar-refractivity contribution in [2.45, 2.75) is 57.6 Å². The molecule has 0 aliphatic rings. The van der Waals surface area contributed by atoms with E-state index >= 15 is 0 Å². The van der Waals surface area contributed by atoms with Gasteiger partial charge in [-0.2, -0.15) is 8.42 Å². The Bertz CT molecular complexity index is 315. The Hall–Kier alpha value is 0.146. The van der Waals surface area contributed by atoms with Gasteiger partial charge in [-0.15, -0.1) is 0 Å². The van der Waals surface area contributed by atoms with Gasteiger partial charge in [0.05, 0.1) is 0 Å². The van der Waals surface area contributed by atoms with Crippen molar-refractivity contribution in [3.63, 3.8) is 0 Å². The molecule has 0 saturated heterocycles. The summed E-state index contributed by atoms with van der Waals surface area (Å²) in [5.74, 6) is -0.406. The summed E-state index contributed by atoms with van der Waals surface area (Å²) in [6.07, 6.45) is 5.47. The molecule has 0 aromatic rings. The largest absolute Gasteiger partial charge is 0.464 e. The zero-order valence-corrected chi connectivity index (χ0v) is 13.5. The number of hydrogen-bond acceptors (Lipinski definition) is 4. The van der Waals surface area contributed by atoms with E-state index in [1.165, 1.54) is 6.92 Å². The van der Waals surface area contributed by atoms with Gasteiger partial charge >= 0.3 is 5.97 Å². The summed E-state index contributed by atoms with van der Waals surface area (Å²) in [6, 6.07) is 0. The molecule has 1 N–H and O–H groups in total. The van der Waals surface area contributed by atoms with Crippen molar-refractivity contribution >= 4 is 39.1 Å². The van der Waals surface area contributed by atoms with Crippen molar-refractivity contribution in [3.8, 4) is 0 Å². The molecule has 0 bridgehead atoms. The molecule has 7 heteroatoms. The predicted octanol–water partition coefficient (Wildman–Crippen LogP) is 1.79. The van der Waals surface area contributed by atoms with Crippen LogP contribution in [-0.2, 0) is 19.6 Å². The van der Waals surface area contributed by atoms with Crippen molar-refractivity contribution in [2.75, 3.05) is 6.61 Å². The third-order valence-corrected chi connectivity index (χ3v) is 3.62. The first kappa shape index (κ1) is 20.5. The van der Waals surface area contributed by atoms with Crippen LogP contribution in [0.25, 0.3) is 0 Å². The number of ether oxygens (including phenoxy) is 1. The predicted molar refractivity (Wildman–Crippen MR) is 71.1 cm³/mol. The van der Waals surface area contributed by atoms with Crippen LogP contribution in [0.4, 0.5) is 0 Å². The Balaban J connectivity index is 0. The van der Waals surface area contributed by atoms with E-state index in [9.17, 15) is 13.2 Å². The van der Waals surface area contributed by atoms with E-state index in [0.29, 0.717) is 6.42 Å². The highest BCUT2D eigenvalue weighted by Gasteiger charge is 2.18. The van der Waals surface area contributed by atoms with Crippen LogP contribution in [0.15, 0.2) is 0 Å². The first-order valence-corrected chi connectivity index (χ1v) is 7.50. The third-order valence-electron chi connectivity index (χ3n) is 2.47. The molecule has 0 aromatic carbocycles. The number of hydrogen-bond donors (Lipinski definition) is 1. The molecular formula is C11H22MgO5S. The molecule has 0 amide bonds. The van der Waals surface area contributed by atoms with E-state index in [1.54, 1.807) is 0 Å². The summed E-state index contributed by atoms with van der Waals surface area (Å²) in [5.41, 5.74) is 0. The first-order chi connectivity index (χ1) is 7.88.